The molecule has 0 fully saturated rings. The maximum absolute atomic E-state index is 10.6. The van der Waals surface area contributed by atoms with Crippen LogP contribution in [0.2, 0.25) is 0 Å². The highest BCUT2D eigenvalue weighted by Crippen LogP contribution is 2.10. The van der Waals surface area contributed by atoms with Crippen LogP contribution in [0.4, 0.5) is 0 Å². The van der Waals surface area contributed by atoms with Crippen molar-refractivity contribution in [3.63, 3.8) is 0 Å². The van der Waals surface area contributed by atoms with Crippen molar-refractivity contribution < 1.29 is 14.6 Å². The lowest BCUT2D eigenvalue weighted by molar-refractivity contribution is -0.00902. The Bertz CT molecular complexity index is 377. The monoisotopic (exact) mass is 258 g/mol. The number of carboxylic acid groups (broad SMARTS) is 1. The smallest absolute Gasteiger partial charge is 0.365 e. The summed E-state index contributed by atoms with van der Waals surface area (Å²) in [4.78, 5) is 14.6. The van der Waals surface area contributed by atoms with Gasteiger partial charge in [-0.3, -0.25) is 0 Å². The molecule has 0 aliphatic heterocycles. The SMILES string of the molecule is CCOC(C)(C)CNCc1csc(C(=O)O)n1. The van der Waals surface area contributed by atoms with Crippen LogP contribution in [0.25, 0.3) is 0 Å². The second-order valence-corrected chi connectivity index (χ2v) is 5.10. The van der Waals surface area contributed by atoms with E-state index < -0.39 is 5.97 Å². The van der Waals surface area contributed by atoms with Crippen LogP contribution in [0.3, 0.4) is 0 Å². The van der Waals surface area contributed by atoms with Gasteiger partial charge in [0.25, 0.3) is 0 Å². The molecular weight excluding hydrogens is 240 g/mol. The Labute approximate surface area is 105 Å². The molecule has 0 amide bonds. The molecule has 0 bridgehead atoms. The highest BCUT2D eigenvalue weighted by atomic mass is 32.1. The number of aromatic nitrogens is 1. The molecule has 0 spiro atoms. The Hall–Kier alpha value is -0.980. The molecule has 96 valence electrons. The van der Waals surface area contributed by atoms with E-state index in [9.17, 15) is 4.79 Å². The van der Waals surface area contributed by atoms with Crippen LogP contribution in [-0.4, -0.2) is 34.8 Å². The normalized spacial score (nSPS) is 11.7. The van der Waals surface area contributed by atoms with E-state index in [0.717, 1.165) is 17.0 Å². The number of thiazole rings is 1. The molecule has 1 aromatic rings. The minimum Gasteiger partial charge on any atom is -0.476 e. The predicted molar refractivity (Wildman–Crippen MR) is 66.5 cm³/mol. The number of hydrogen-bond acceptors (Lipinski definition) is 5. The van der Waals surface area contributed by atoms with E-state index in [1.54, 1.807) is 5.38 Å². The fourth-order valence-corrected chi connectivity index (χ4v) is 2.07. The molecule has 1 rings (SSSR count). The average molecular weight is 258 g/mol. The van der Waals surface area contributed by atoms with Gasteiger partial charge in [0.15, 0.2) is 0 Å². The molecule has 6 heteroatoms. The van der Waals surface area contributed by atoms with Crippen molar-refractivity contribution in [3.8, 4) is 0 Å². The third kappa shape index (κ3) is 4.80. The highest BCUT2D eigenvalue weighted by Gasteiger charge is 2.17. The lowest BCUT2D eigenvalue weighted by Crippen LogP contribution is -2.37. The van der Waals surface area contributed by atoms with E-state index in [1.807, 2.05) is 20.8 Å². The van der Waals surface area contributed by atoms with Gasteiger partial charge in [0.2, 0.25) is 5.01 Å². The molecular formula is C11H18N2O3S. The van der Waals surface area contributed by atoms with Gasteiger partial charge in [-0.25, -0.2) is 9.78 Å². The third-order valence-electron chi connectivity index (χ3n) is 2.13. The Morgan fingerprint density at radius 3 is 2.88 bits per heavy atom. The van der Waals surface area contributed by atoms with E-state index >= 15 is 0 Å². The number of nitrogens with zero attached hydrogens (tertiary/aromatic N) is 1. The second-order valence-electron chi connectivity index (χ2n) is 4.25. The van der Waals surface area contributed by atoms with E-state index in [-0.39, 0.29) is 10.6 Å². The number of hydrogen-bond donors (Lipinski definition) is 2. The first-order valence-corrected chi connectivity index (χ1v) is 6.35. The van der Waals surface area contributed by atoms with Gasteiger partial charge in [-0.2, -0.15) is 0 Å². The molecule has 0 aliphatic carbocycles. The van der Waals surface area contributed by atoms with Gasteiger partial charge in [0, 0.05) is 25.1 Å². The number of nitrogens with one attached hydrogen (secondary N) is 1. The molecule has 17 heavy (non-hydrogen) atoms. The molecule has 1 aromatic heterocycles. The zero-order chi connectivity index (χ0) is 12.9. The topological polar surface area (TPSA) is 71.5 Å². The van der Waals surface area contributed by atoms with E-state index in [4.69, 9.17) is 9.84 Å². The summed E-state index contributed by atoms with van der Waals surface area (Å²) in [7, 11) is 0. The summed E-state index contributed by atoms with van der Waals surface area (Å²) in [6.45, 7) is 7.90. The van der Waals surface area contributed by atoms with Crippen LogP contribution in [0, 0.1) is 0 Å². The van der Waals surface area contributed by atoms with Gasteiger partial charge in [0.1, 0.15) is 0 Å². The molecule has 0 unspecified atom stereocenters. The van der Waals surface area contributed by atoms with Gasteiger partial charge < -0.3 is 15.2 Å². The standard InChI is InChI=1S/C11H18N2O3S/c1-4-16-11(2,3)7-12-5-8-6-17-9(13-8)10(14)15/h6,12H,4-5,7H2,1-3H3,(H,14,15). The molecule has 0 radical (unpaired) electrons. The van der Waals surface area contributed by atoms with Crippen LogP contribution in [0.1, 0.15) is 36.3 Å². The zero-order valence-corrected chi connectivity index (χ0v) is 11.1. The third-order valence-corrected chi connectivity index (χ3v) is 3.01. The Kier molecular flexibility index (Phi) is 5.04. The summed E-state index contributed by atoms with van der Waals surface area (Å²) in [6.07, 6.45) is 0. The van der Waals surface area contributed by atoms with E-state index in [2.05, 4.69) is 10.3 Å². The molecule has 5 nitrogen and oxygen atoms in total. The van der Waals surface area contributed by atoms with E-state index in [1.165, 1.54) is 0 Å². The quantitative estimate of drug-likeness (QED) is 0.779. The zero-order valence-electron chi connectivity index (χ0n) is 10.3. The molecule has 2 N–H and O–H groups in total. The number of carbonyl (C=O) groups is 1. The fraction of sp³-hybridized carbons (Fsp3) is 0.636. The van der Waals surface area contributed by atoms with Gasteiger partial charge in [-0.05, 0) is 20.8 Å². The number of rotatable bonds is 7. The van der Waals surface area contributed by atoms with Crippen LogP contribution in [-0.2, 0) is 11.3 Å². The summed E-state index contributed by atoms with van der Waals surface area (Å²) in [5.74, 6) is -0.976. The number of ether oxygens (including phenoxy) is 1. The Balaban J connectivity index is 2.38. The van der Waals surface area contributed by atoms with Crippen molar-refractivity contribution in [2.24, 2.45) is 0 Å². The highest BCUT2D eigenvalue weighted by molar-refractivity contribution is 7.11. The van der Waals surface area contributed by atoms with Crippen molar-refractivity contribution in [1.29, 1.82) is 0 Å². The largest absolute Gasteiger partial charge is 0.476 e. The lowest BCUT2D eigenvalue weighted by Gasteiger charge is -2.24. The van der Waals surface area contributed by atoms with Crippen LogP contribution in [0.15, 0.2) is 5.38 Å². The van der Waals surface area contributed by atoms with Crippen LogP contribution < -0.4 is 5.32 Å². The minimum atomic E-state index is -0.976. The first kappa shape index (κ1) is 14.1. The second kappa shape index (κ2) is 6.09. The molecule has 0 atom stereocenters. The molecule has 0 saturated carbocycles. The number of aromatic carboxylic acids is 1. The van der Waals surface area contributed by atoms with Crippen molar-refractivity contribution in [2.45, 2.75) is 32.9 Å². The maximum Gasteiger partial charge on any atom is 0.365 e. The summed E-state index contributed by atoms with van der Waals surface area (Å²) in [6, 6.07) is 0. The van der Waals surface area contributed by atoms with Gasteiger partial charge in [-0.15, -0.1) is 11.3 Å². The minimum absolute atomic E-state index is 0.130. The van der Waals surface area contributed by atoms with Crippen LogP contribution in [0.5, 0.6) is 0 Å². The van der Waals surface area contributed by atoms with Gasteiger partial charge >= 0.3 is 5.97 Å². The van der Waals surface area contributed by atoms with Crippen molar-refractivity contribution >= 4 is 17.3 Å². The summed E-state index contributed by atoms with van der Waals surface area (Å²) < 4.78 is 5.54. The lowest BCUT2D eigenvalue weighted by atomic mass is 10.1. The molecule has 1 heterocycles. The average Bonchev–Trinajstić information content (AvgIpc) is 2.66. The maximum atomic E-state index is 10.6. The predicted octanol–water partition coefficient (Wildman–Crippen LogP) is 1.75. The molecule has 0 aromatic carbocycles. The van der Waals surface area contributed by atoms with E-state index in [0.29, 0.717) is 19.7 Å². The Morgan fingerprint density at radius 1 is 1.65 bits per heavy atom. The van der Waals surface area contributed by atoms with Crippen molar-refractivity contribution in [1.82, 2.24) is 10.3 Å². The first-order chi connectivity index (χ1) is 7.94. The van der Waals surface area contributed by atoms with Crippen molar-refractivity contribution in [2.75, 3.05) is 13.2 Å². The summed E-state index contributed by atoms with van der Waals surface area (Å²) >= 11 is 1.14. The van der Waals surface area contributed by atoms with Gasteiger partial charge in [-0.1, -0.05) is 0 Å². The van der Waals surface area contributed by atoms with Crippen LogP contribution >= 0.6 is 11.3 Å². The summed E-state index contributed by atoms with van der Waals surface area (Å²) in [5, 5.41) is 13.8. The van der Waals surface area contributed by atoms with Crippen molar-refractivity contribution in [3.05, 3.63) is 16.1 Å². The van der Waals surface area contributed by atoms with Gasteiger partial charge in [0.05, 0.1) is 11.3 Å². The number of carboxylic acids is 1. The summed E-state index contributed by atoms with van der Waals surface area (Å²) in [5.41, 5.74) is 0.528. The Morgan fingerprint density at radius 2 is 2.35 bits per heavy atom. The first-order valence-electron chi connectivity index (χ1n) is 5.47. The molecule has 0 aliphatic rings. The fourth-order valence-electron chi connectivity index (χ4n) is 1.42. The molecule has 0 saturated heterocycles.